The smallest absolute Gasteiger partial charge is 0.214 e. The molecule has 0 N–H and O–H groups in total. The van der Waals surface area contributed by atoms with Crippen molar-refractivity contribution in [3.05, 3.63) is 6.92 Å². The van der Waals surface area contributed by atoms with Crippen molar-refractivity contribution in [1.29, 1.82) is 0 Å². The highest BCUT2D eigenvalue weighted by atomic mass is 32.2. The van der Waals surface area contributed by atoms with Crippen LogP contribution in [0.5, 0.6) is 0 Å². The fraction of sp³-hybridized carbons (Fsp3) is 0.900. The van der Waals surface area contributed by atoms with Gasteiger partial charge in [-0.2, -0.15) is 4.31 Å². The highest BCUT2D eigenvalue weighted by Gasteiger charge is 2.26. The first-order chi connectivity index (χ1) is 6.93. The van der Waals surface area contributed by atoms with Crippen molar-refractivity contribution in [3.63, 3.8) is 0 Å². The third-order valence-electron chi connectivity index (χ3n) is 2.73. The second-order valence-corrected chi connectivity index (χ2v) is 6.31. The third-order valence-corrected chi connectivity index (χ3v) is 4.73. The predicted molar refractivity (Wildman–Crippen MR) is 59.9 cm³/mol. The van der Waals surface area contributed by atoms with Gasteiger partial charge in [0.05, 0.1) is 19.0 Å². The molecule has 15 heavy (non-hydrogen) atoms. The molecule has 1 atom stereocenters. The average molecular weight is 234 g/mol. The summed E-state index contributed by atoms with van der Waals surface area (Å²) in [6, 6.07) is 0. The van der Waals surface area contributed by atoms with Gasteiger partial charge in [-0.05, 0) is 18.8 Å². The van der Waals surface area contributed by atoms with Crippen LogP contribution in [0.15, 0.2) is 0 Å². The molecule has 1 saturated heterocycles. The van der Waals surface area contributed by atoms with Gasteiger partial charge in [0.15, 0.2) is 0 Å². The lowest BCUT2D eigenvalue weighted by Gasteiger charge is -2.28. The maximum absolute atomic E-state index is 11.9. The van der Waals surface area contributed by atoms with E-state index in [0.717, 1.165) is 0 Å². The molecule has 4 nitrogen and oxygen atoms in total. The molecule has 5 heteroatoms. The lowest BCUT2D eigenvalue weighted by Crippen LogP contribution is -2.43. The van der Waals surface area contributed by atoms with Crippen LogP contribution in [0.3, 0.4) is 0 Å². The zero-order valence-electron chi connectivity index (χ0n) is 9.48. The minimum Gasteiger partial charge on any atom is -0.379 e. The highest BCUT2D eigenvalue weighted by molar-refractivity contribution is 7.89. The Balaban J connectivity index is 2.57. The Morgan fingerprint density at radius 2 is 1.87 bits per heavy atom. The van der Waals surface area contributed by atoms with Gasteiger partial charge in [0, 0.05) is 13.1 Å². The summed E-state index contributed by atoms with van der Waals surface area (Å²) < 4.78 is 30.5. The van der Waals surface area contributed by atoms with Crippen molar-refractivity contribution in [1.82, 2.24) is 4.31 Å². The molecule has 1 rings (SSSR count). The second-order valence-electron chi connectivity index (χ2n) is 4.29. The lowest BCUT2D eigenvalue weighted by atomic mass is 10.0. The van der Waals surface area contributed by atoms with Crippen LogP contribution in [-0.4, -0.2) is 44.8 Å². The minimum absolute atomic E-state index is 0.0437. The number of rotatable bonds is 4. The Bertz CT molecular complexity index is 281. The Kier molecular flexibility index (Phi) is 4.55. The van der Waals surface area contributed by atoms with Gasteiger partial charge in [-0.3, -0.25) is 0 Å². The van der Waals surface area contributed by atoms with Crippen LogP contribution in [0.4, 0.5) is 0 Å². The molecular weight excluding hydrogens is 214 g/mol. The quantitative estimate of drug-likeness (QED) is 0.721. The topological polar surface area (TPSA) is 46.6 Å². The third kappa shape index (κ3) is 3.74. The summed E-state index contributed by atoms with van der Waals surface area (Å²) in [5, 5.41) is 0. The van der Waals surface area contributed by atoms with E-state index in [2.05, 4.69) is 6.92 Å². The lowest BCUT2D eigenvalue weighted by molar-refractivity contribution is 0.0728. The minimum atomic E-state index is -3.14. The molecule has 0 bridgehead atoms. The molecule has 1 heterocycles. The summed E-state index contributed by atoms with van der Waals surface area (Å²) in [5.74, 6) is 0.392. The van der Waals surface area contributed by atoms with Crippen molar-refractivity contribution in [3.8, 4) is 0 Å². The first kappa shape index (κ1) is 12.9. The Labute approximate surface area is 92.7 Å². The largest absolute Gasteiger partial charge is 0.379 e. The first-order valence-electron chi connectivity index (χ1n) is 5.32. The summed E-state index contributed by atoms with van der Waals surface area (Å²) in [4.78, 5) is 0. The SMILES string of the molecule is [CH2]C(CS(=O)(=O)N1CCOCC1)C(C)C. The molecular formula is C10H20NO3S. The summed E-state index contributed by atoms with van der Waals surface area (Å²) in [6.07, 6.45) is 0. The molecule has 1 aliphatic heterocycles. The number of morpholine rings is 1. The summed E-state index contributed by atoms with van der Waals surface area (Å²) in [7, 11) is -3.14. The van der Waals surface area contributed by atoms with Gasteiger partial charge in [0.1, 0.15) is 0 Å². The van der Waals surface area contributed by atoms with Crippen LogP contribution in [0.2, 0.25) is 0 Å². The number of hydrogen-bond donors (Lipinski definition) is 0. The zero-order chi connectivity index (χ0) is 11.5. The van der Waals surface area contributed by atoms with Crippen LogP contribution in [0, 0.1) is 18.8 Å². The van der Waals surface area contributed by atoms with E-state index in [-0.39, 0.29) is 11.7 Å². The van der Waals surface area contributed by atoms with E-state index >= 15 is 0 Å². The molecule has 89 valence electrons. The van der Waals surface area contributed by atoms with Crippen LogP contribution in [0.25, 0.3) is 0 Å². The molecule has 0 saturated carbocycles. The van der Waals surface area contributed by atoms with Crippen molar-refractivity contribution in [2.24, 2.45) is 11.8 Å². The van der Waals surface area contributed by atoms with Gasteiger partial charge in [-0.15, -0.1) is 0 Å². The molecule has 0 spiro atoms. The highest BCUT2D eigenvalue weighted by Crippen LogP contribution is 2.15. The molecule has 0 amide bonds. The standard InChI is InChI=1S/C10H20NO3S/c1-9(2)10(3)8-15(12,13)11-4-6-14-7-5-11/h9-10H,3-8H2,1-2H3. The summed E-state index contributed by atoms with van der Waals surface area (Å²) >= 11 is 0. The van der Waals surface area contributed by atoms with E-state index < -0.39 is 10.0 Å². The van der Waals surface area contributed by atoms with Gasteiger partial charge in [0.25, 0.3) is 0 Å². The zero-order valence-corrected chi connectivity index (χ0v) is 10.3. The normalized spacial score (nSPS) is 21.9. The monoisotopic (exact) mass is 234 g/mol. The van der Waals surface area contributed by atoms with Crippen LogP contribution >= 0.6 is 0 Å². The van der Waals surface area contributed by atoms with Crippen molar-refractivity contribution in [2.45, 2.75) is 13.8 Å². The van der Waals surface area contributed by atoms with Crippen LogP contribution in [-0.2, 0) is 14.8 Å². The molecule has 0 aromatic rings. The van der Waals surface area contributed by atoms with Crippen molar-refractivity contribution >= 4 is 10.0 Å². The van der Waals surface area contributed by atoms with Gasteiger partial charge in [-0.1, -0.05) is 13.8 Å². The number of ether oxygens (including phenoxy) is 1. The summed E-state index contributed by atoms with van der Waals surface area (Å²) in [6.45, 7) is 9.83. The van der Waals surface area contributed by atoms with Gasteiger partial charge in [-0.25, -0.2) is 8.42 Å². The number of nitrogens with zero attached hydrogens (tertiary/aromatic N) is 1. The summed E-state index contributed by atoms with van der Waals surface area (Å²) in [5.41, 5.74) is 0. The second kappa shape index (κ2) is 5.27. The van der Waals surface area contributed by atoms with Gasteiger partial charge < -0.3 is 4.74 Å². The Morgan fingerprint density at radius 3 is 2.33 bits per heavy atom. The maximum Gasteiger partial charge on any atom is 0.214 e. The van der Waals surface area contributed by atoms with E-state index in [0.29, 0.717) is 32.2 Å². The van der Waals surface area contributed by atoms with Gasteiger partial charge >= 0.3 is 0 Å². The van der Waals surface area contributed by atoms with E-state index in [4.69, 9.17) is 4.74 Å². The van der Waals surface area contributed by atoms with Crippen molar-refractivity contribution < 1.29 is 13.2 Å². The van der Waals surface area contributed by atoms with Gasteiger partial charge in [0.2, 0.25) is 10.0 Å². The molecule has 0 aromatic heterocycles. The molecule has 1 radical (unpaired) electrons. The maximum atomic E-state index is 11.9. The fourth-order valence-electron chi connectivity index (χ4n) is 1.39. The van der Waals surface area contributed by atoms with Crippen molar-refractivity contribution in [2.75, 3.05) is 32.1 Å². The molecule has 1 fully saturated rings. The molecule has 0 aliphatic carbocycles. The molecule has 1 unspecified atom stereocenters. The molecule has 1 aliphatic rings. The Hall–Kier alpha value is -0.130. The first-order valence-corrected chi connectivity index (χ1v) is 6.93. The average Bonchev–Trinajstić information content (AvgIpc) is 2.18. The number of hydrogen-bond acceptors (Lipinski definition) is 3. The predicted octanol–water partition coefficient (Wildman–Crippen LogP) is 0.755. The van der Waals surface area contributed by atoms with E-state index in [9.17, 15) is 8.42 Å². The fourth-order valence-corrected chi connectivity index (χ4v) is 3.24. The Morgan fingerprint density at radius 1 is 1.33 bits per heavy atom. The van der Waals surface area contributed by atoms with E-state index in [1.807, 2.05) is 13.8 Å². The van der Waals surface area contributed by atoms with Crippen LogP contribution in [0.1, 0.15) is 13.8 Å². The van der Waals surface area contributed by atoms with E-state index in [1.165, 1.54) is 4.31 Å². The van der Waals surface area contributed by atoms with E-state index in [1.54, 1.807) is 0 Å². The molecule has 0 aromatic carbocycles. The number of sulfonamides is 1. The van der Waals surface area contributed by atoms with Crippen LogP contribution < -0.4 is 0 Å².